The first kappa shape index (κ1) is 18.0. The van der Waals surface area contributed by atoms with Crippen LogP contribution in [0, 0.1) is 0 Å². The third-order valence-corrected chi connectivity index (χ3v) is 3.89. The van der Waals surface area contributed by atoms with Gasteiger partial charge in [-0.15, -0.1) is 0 Å². The monoisotopic (exact) mass is 339 g/mol. The van der Waals surface area contributed by atoms with Gasteiger partial charge in [-0.1, -0.05) is 0 Å². The van der Waals surface area contributed by atoms with Gasteiger partial charge in [-0.2, -0.15) is 0 Å². The normalized spacial score (nSPS) is 20.0. The van der Waals surface area contributed by atoms with Crippen LogP contribution in [-0.2, 0) is 9.59 Å². The molecule has 1 saturated heterocycles. The van der Waals surface area contributed by atoms with Crippen molar-refractivity contribution in [3.63, 3.8) is 0 Å². The van der Waals surface area contributed by atoms with Crippen LogP contribution in [-0.4, -0.2) is 53.9 Å². The highest BCUT2D eigenvalue weighted by atomic mass is 19.1. The Kier molecular flexibility index (Phi) is 6.00. The summed E-state index contributed by atoms with van der Waals surface area (Å²) in [5.74, 6) is -0.300. The van der Waals surface area contributed by atoms with E-state index in [9.17, 15) is 14.0 Å². The van der Waals surface area contributed by atoms with Crippen molar-refractivity contribution >= 4 is 11.9 Å². The Morgan fingerprint density at radius 2 is 1.88 bits per heavy atom. The van der Waals surface area contributed by atoms with Crippen LogP contribution >= 0.6 is 0 Å². The van der Waals surface area contributed by atoms with E-state index in [1.54, 1.807) is 24.3 Å². The second-order valence-corrected chi connectivity index (χ2v) is 5.69. The highest BCUT2D eigenvalue weighted by molar-refractivity contribution is 5.82. The van der Waals surface area contributed by atoms with E-state index in [1.807, 2.05) is 6.92 Å². The third-order valence-electron chi connectivity index (χ3n) is 3.89. The molecule has 1 unspecified atom stereocenters. The number of nitrogens with zero attached hydrogens (tertiary/aromatic N) is 1. The van der Waals surface area contributed by atoms with Gasteiger partial charge < -0.3 is 19.5 Å². The molecule has 1 aliphatic heterocycles. The summed E-state index contributed by atoms with van der Waals surface area (Å²) in [6.07, 6.45) is 0.526. The van der Waals surface area contributed by atoms with E-state index < -0.39 is 11.6 Å². The molecule has 1 aromatic carbocycles. The Bertz CT molecular complexity index is 577. The van der Waals surface area contributed by atoms with Crippen LogP contribution in [0.15, 0.2) is 24.3 Å². The number of carbonyl (C=O) groups excluding carboxylic acids is 1. The summed E-state index contributed by atoms with van der Waals surface area (Å²) in [5, 5.41) is 8.82. The predicted molar refractivity (Wildman–Crippen MR) is 85.0 cm³/mol. The van der Waals surface area contributed by atoms with E-state index in [2.05, 4.69) is 0 Å². The molecular weight excluding hydrogens is 317 g/mol. The number of halogens is 1. The number of hydrogen-bond donors (Lipinski definition) is 1. The molecule has 6 nitrogen and oxygen atoms in total. The van der Waals surface area contributed by atoms with E-state index in [0.717, 1.165) is 5.75 Å². The fourth-order valence-corrected chi connectivity index (χ4v) is 2.53. The van der Waals surface area contributed by atoms with Gasteiger partial charge in [0.1, 0.15) is 11.5 Å². The van der Waals surface area contributed by atoms with Crippen LogP contribution < -0.4 is 9.47 Å². The van der Waals surface area contributed by atoms with Gasteiger partial charge in [-0.25, -0.2) is 9.18 Å². The summed E-state index contributed by atoms with van der Waals surface area (Å²) < 4.78 is 24.8. The molecule has 0 saturated carbocycles. The number of amides is 1. The van der Waals surface area contributed by atoms with Crippen molar-refractivity contribution in [1.82, 2.24) is 4.90 Å². The fourth-order valence-electron chi connectivity index (χ4n) is 2.53. The van der Waals surface area contributed by atoms with Crippen molar-refractivity contribution in [2.24, 2.45) is 0 Å². The van der Waals surface area contributed by atoms with Gasteiger partial charge in [0, 0.05) is 19.4 Å². The number of benzene rings is 1. The molecular formula is C17H22FNO5. The number of ether oxygens (including phenoxy) is 2. The van der Waals surface area contributed by atoms with E-state index >= 15 is 0 Å². The maximum absolute atomic E-state index is 13.9. The van der Waals surface area contributed by atoms with Crippen molar-refractivity contribution in [2.45, 2.75) is 31.9 Å². The zero-order valence-electron chi connectivity index (χ0n) is 13.7. The molecule has 1 aliphatic rings. The SMILES string of the molecule is CCOc1ccc(OCCCC(=O)N2CCC(F)(C(=O)O)C2)cc1. The lowest BCUT2D eigenvalue weighted by atomic mass is 10.1. The van der Waals surface area contributed by atoms with Gasteiger partial charge in [-0.05, 0) is 37.6 Å². The lowest BCUT2D eigenvalue weighted by molar-refractivity contribution is -0.150. The summed E-state index contributed by atoms with van der Waals surface area (Å²) in [6, 6.07) is 7.19. The zero-order valence-corrected chi connectivity index (χ0v) is 13.7. The molecule has 1 aromatic rings. The molecule has 0 bridgehead atoms. The Balaban J connectivity index is 1.69. The quantitative estimate of drug-likeness (QED) is 0.735. The molecule has 2 rings (SSSR count). The summed E-state index contributed by atoms with van der Waals surface area (Å²) in [4.78, 5) is 24.1. The van der Waals surface area contributed by atoms with Crippen LogP contribution in [0.2, 0.25) is 0 Å². The minimum Gasteiger partial charge on any atom is -0.494 e. The minimum absolute atomic E-state index is 0.140. The molecule has 0 aliphatic carbocycles. The molecule has 7 heteroatoms. The van der Waals surface area contributed by atoms with Gasteiger partial charge in [0.25, 0.3) is 0 Å². The number of carboxylic acid groups (broad SMARTS) is 1. The second-order valence-electron chi connectivity index (χ2n) is 5.69. The van der Waals surface area contributed by atoms with Crippen LogP contribution in [0.1, 0.15) is 26.2 Å². The summed E-state index contributed by atoms with van der Waals surface area (Å²) >= 11 is 0. The third kappa shape index (κ3) is 4.59. The van der Waals surface area contributed by atoms with E-state index in [-0.39, 0.29) is 31.8 Å². The molecule has 1 amide bonds. The maximum Gasteiger partial charge on any atom is 0.343 e. The molecule has 0 radical (unpaired) electrons. The average Bonchev–Trinajstić information content (AvgIpc) is 2.97. The summed E-state index contributed by atoms with van der Waals surface area (Å²) in [5.41, 5.74) is -2.31. The van der Waals surface area contributed by atoms with Crippen LogP contribution in [0.25, 0.3) is 0 Å². The van der Waals surface area contributed by atoms with Gasteiger partial charge in [-0.3, -0.25) is 4.79 Å². The number of carbonyl (C=O) groups is 2. The summed E-state index contributed by atoms with van der Waals surface area (Å²) in [7, 11) is 0. The number of aliphatic carboxylic acids is 1. The topological polar surface area (TPSA) is 76.1 Å². The molecule has 1 atom stereocenters. The number of alkyl halides is 1. The average molecular weight is 339 g/mol. The van der Waals surface area contributed by atoms with Gasteiger partial charge in [0.15, 0.2) is 0 Å². The van der Waals surface area contributed by atoms with Crippen molar-refractivity contribution in [1.29, 1.82) is 0 Å². The molecule has 1 N–H and O–H groups in total. The Labute approximate surface area is 140 Å². The van der Waals surface area contributed by atoms with Crippen molar-refractivity contribution in [2.75, 3.05) is 26.3 Å². The van der Waals surface area contributed by atoms with Crippen molar-refractivity contribution in [3.05, 3.63) is 24.3 Å². The van der Waals surface area contributed by atoms with Gasteiger partial charge >= 0.3 is 5.97 Å². The number of likely N-dealkylation sites (tertiary alicyclic amines) is 1. The van der Waals surface area contributed by atoms with Crippen molar-refractivity contribution in [3.8, 4) is 11.5 Å². The second kappa shape index (κ2) is 7.99. The Morgan fingerprint density at radius 1 is 1.25 bits per heavy atom. The maximum atomic E-state index is 13.9. The van der Waals surface area contributed by atoms with E-state index in [4.69, 9.17) is 14.6 Å². The van der Waals surface area contributed by atoms with Crippen LogP contribution in [0.5, 0.6) is 11.5 Å². The van der Waals surface area contributed by atoms with Crippen molar-refractivity contribution < 1.29 is 28.6 Å². The number of hydrogen-bond acceptors (Lipinski definition) is 4. The Hall–Kier alpha value is -2.31. The predicted octanol–water partition coefficient (Wildman–Crippen LogP) is 2.27. The molecule has 0 spiro atoms. The number of carboxylic acids is 1. The fraction of sp³-hybridized carbons (Fsp3) is 0.529. The standard InChI is InChI=1S/C17H22FNO5/c1-2-23-13-5-7-14(8-6-13)24-11-3-4-15(20)19-10-9-17(18,12-19)16(21)22/h5-8H,2-4,9-12H2,1H3,(H,21,22). The van der Waals surface area contributed by atoms with E-state index in [1.165, 1.54) is 4.90 Å². The van der Waals surface area contributed by atoms with Crippen LogP contribution in [0.3, 0.4) is 0 Å². The smallest absolute Gasteiger partial charge is 0.343 e. The lowest BCUT2D eigenvalue weighted by Crippen LogP contribution is -2.38. The largest absolute Gasteiger partial charge is 0.494 e. The lowest BCUT2D eigenvalue weighted by Gasteiger charge is -2.17. The molecule has 132 valence electrons. The van der Waals surface area contributed by atoms with Crippen LogP contribution in [0.4, 0.5) is 4.39 Å². The summed E-state index contributed by atoms with van der Waals surface area (Å²) in [6.45, 7) is 2.63. The molecule has 24 heavy (non-hydrogen) atoms. The highest BCUT2D eigenvalue weighted by Gasteiger charge is 2.46. The Morgan fingerprint density at radius 3 is 2.42 bits per heavy atom. The van der Waals surface area contributed by atoms with Gasteiger partial charge in [0.05, 0.1) is 19.8 Å². The molecule has 1 fully saturated rings. The minimum atomic E-state index is -2.31. The van der Waals surface area contributed by atoms with E-state index in [0.29, 0.717) is 25.4 Å². The first-order valence-corrected chi connectivity index (χ1v) is 8.00. The molecule has 1 heterocycles. The zero-order chi connectivity index (χ0) is 17.6. The van der Waals surface area contributed by atoms with Gasteiger partial charge in [0.2, 0.25) is 11.6 Å². The highest BCUT2D eigenvalue weighted by Crippen LogP contribution is 2.26. The number of rotatable bonds is 8. The molecule has 0 aromatic heterocycles. The first-order valence-electron chi connectivity index (χ1n) is 8.00. The first-order chi connectivity index (χ1) is 11.4.